The first-order valence-electron chi connectivity index (χ1n) is 13.4. The van der Waals surface area contributed by atoms with E-state index in [2.05, 4.69) is 24.1 Å². The van der Waals surface area contributed by atoms with E-state index >= 15 is 0 Å². The van der Waals surface area contributed by atoms with Crippen LogP contribution < -0.4 is 14.8 Å². The first-order valence-corrected chi connectivity index (χ1v) is 13.4. The van der Waals surface area contributed by atoms with E-state index in [1.54, 1.807) is 0 Å². The number of hydrogen-bond donors (Lipinski definition) is 1. The van der Waals surface area contributed by atoms with Gasteiger partial charge in [-0.15, -0.1) is 0 Å². The SMILES string of the molecule is CCOc1cc2c(cc1OCC)[C@@H]1[C@H](C(=O)NCCCN(CC)CC)c3ccccc3C(=O)N1CC2. The lowest BCUT2D eigenvalue weighted by atomic mass is 9.75. The summed E-state index contributed by atoms with van der Waals surface area (Å²) < 4.78 is 11.8. The van der Waals surface area contributed by atoms with E-state index in [-0.39, 0.29) is 17.9 Å². The molecule has 2 aromatic carbocycles. The van der Waals surface area contributed by atoms with Crippen LogP contribution in [0.5, 0.6) is 11.5 Å². The monoisotopic (exact) mass is 493 g/mol. The first-order chi connectivity index (χ1) is 17.5. The molecular formula is C29H39N3O4. The Morgan fingerprint density at radius 3 is 2.42 bits per heavy atom. The largest absolute Gasteiger partial charge is 0.490 e. The van der Waals surface area contributed by atoms with E-state index in [4.69, 9.17) is 9.47 Å². The number of nitrogens with zero attached hydrogens (tertiary/aromatic N) is 2. The molecule has 2 atom stereocenters. The van der Waals surface area contributed by atoms with Gasteiger partial charge in [-0.05, 0) is 81.2 Å². The van der Waals surface area contributed by atoms with Crippen molar-refractivity contribution in [3.05, 3.63) is 58.7 Å². The van der Waals surface area contributed by atoms with Crippen LogP contribution in [0.3, 0.4) is 0 Å². The van der Waals surface area contributed by atoms with E-state index < -0.39 is 5.92 Å². The smallest absolute Gasteiger partial charge is 0.254 e. The van der Waals surface area contributed by atoms with E-state index in [1.807, 2.05) is 55.1 Å². The van der Waals surface area contributed by atoms with Crippen LogP contribution in [0, 0.1) is 0 Å². The highest BCUT2D eigenvalue weighted by Crippen LogP contribution is 2.48. The molecule has 194 valence electrons. The van der Waals surface area contributed by atoms with Crippen LogP contribution in [0.25, 0.3) is 0 Å². The molecule has 2 aromatic rings. The first kappa shape index (κ1) is 26.0. The van der Waals surface area contributed by atoms with Gasteiger partial charge in [0, 0.05) is 18.7 Å². The summed E-state index contributed by atoms with van der Waals surface area (Å²) in [4.78, 5) is 31.5. The molecule has 2 amide bonds. The van der Waals surface area contributed by atoms with Gasteiger partial charge in [-0.1, -0.05) is 32.0 Å². The van der Waals surface area contributed by atoms with Crippen LogP contribution in [-0.4, -0.2) is 67.6 Å². The molecule has 7 nitrogen and oxygen atoms in total. The van der Waals surface area contributed by atoms with E-state index in [1.165, 1.54) is 0 Å². The molecule has 0 aromatic heterocycles. The van der Waals surface area contributed by atoms with Gasteiger partial charge in [0.05, 0.1) is 25.2 Å². The third kappa shape index (κ3) is 5.07. The molecule has 1 N–H and O–H groups in total. The standard InChI is InChI=1S/C29H39N3O4/c1-5-31(6-2)16-11-15-30-28(33)26-21-12-9-10-13-22(21)29(34)32-17-14-20-18-24(35-7-3)25(36-8-4)19-23(20)27(26)32/h9-10,12-13,18-19,26-27H,5-8,11,14-17H2,1-4H3,(H,30,33)/t26-,27-/m1/s1. The number of amides is 2. The van der Waals surface area contributed by atoms with Gasteiger partial charge in [-0.2, -0.15) is 0 Å². The van der Waals surface area contributed by atoms with Crippen molar-refractivity contribution < 1.29 is 19.1 Å². The summed E-state index contributed by atoms with van der Waals surface area (Å²) >= 11 is 0. The Morgan fingerprint density at radius 1 is 1.03 bits per heavy atom. The lowest BCUT2D eigenvalue weighted by Gasteiger charge is -2.45. The van der Waals surface area contributed by atoms with Crippen LogP contribution in [0.1, 0.15) is 73.1 Å². The van der Waals surface area contributed by atoms with Crippen LogP contribution in [0.15, 0.2) is 36.4 Å². The fourth-order valence-corrected chi connectivity index (χ4v) is 5.52. The lowest BCUT2D eigenvalue weighted by molar-refractivity contribution is -0.124. The normalized spacial score (nSPS) is 18.4. The number of ether oxygens (including phenoxy) is 2. The third-order valence-corrected chi connectivity index (χ3v) is 7.31. The Kier molecular flexibility index (Phi) is 8.52. The zero-order valence-corrected chi connectivity index (χ0v) is 22.0. The summed E-state index contributed by atoms with van der Waals surface area (Å²) in [6.07, 6.45) is 1.60. The number of benzene rings is 2. The van der Waals surface area contributed by atoms with Crippen LogP contribution in [0.2, 0.25) is 0 Å². The molecule has 0 saturated heterocycles. The molecule has 0 radical (unpaired) electrons. The fraction of sp³-hybridized carbons (Fsp3) is 0.517. The van der Waals surface area contributed by atoms with Gasteiger partial charge in [0.25, 0.3) is 5.91 Å². The molecule has 0 fully saturated rings. The molecule has 7 heteroatoms. The predicted octanol–water partition coefficient (Wildman–Crippen LogP) is 4.17. The molecule has 36 heavy (non-hydrogen) atoms. The average Bonchev–Trinajstić information content (AvgIpc) is 2.89. The molecule has 2 aliphatic rings. The summed E-state index contributed by atoms with van der Waals surface area (Å²) in [7, 11) is 0. The number of rotatable bonds is 11. The topological polar surface area (TPSA) is 71.1 Å². The van der Waals surface area contributed by atoms with Gasteiger partial charge in [-0.25, -0.2) is 0 Å². The highest BCUT2D eigenvalue weighted by atomic mass is 16.5. The Hall–Kier alpha value is -3.06. The number of fused-ring (bicyclic) bond motifs is 4. The highest BCUT2D eigenvalue weighted by Gasteiger charge is 2.46. The molecule has 0 unspecified atom stereocenters. The highest BCUT2D eigenvalue weighted by molar-refractivity contribution is 6.01. The number of nitrogens with one attached hydrogen (secondary N) is 1. The maximum absolute atomic E-state index is 13.8. The molecule has 0 bridgehead atoms. The fourth-order valence-electron chi connectivity index (χ4n) is 5.52. The second kappa shape index (κ2) is 11.8. The lowest BCUT2D eigenvalue weighted by Crippen LogP contribution is -2.50. The van der Waals surface area contributed by atoms with Crippen molar-refractivity contribution in [2.75, 3.05) is 45.9 Å². The van der Waals surface area contributed by atoms with Gasteiger partial charge < -0.3 is 24.6 Å². The van der Waals surface area contributed by atoms with Crippen LogP contribution in [0.4, 0.5) is 0 Å². The quantitative estimate of drug-likeness (QED) is 0.476. The molecule has 0 saturated carbocycles. The van der Waals surface area contributed by atoms with Gasteiger partial charge in [-0.3, -0.25) is 9.59 Å². The van der Waals surface area contributed by atoms with Crippen molar-refractivity contribution in [2.24, 2.45) is 0 Å². The molecule has 4 rings (SSSR count). The van der Waals surface area contributed by atoms with Crippen molar-refractivity contribution in [3.63, 3.8) is 0 Å². The molecular weight excluding hydrogens is 454 g/mol. The number of carbonyl (C=O) groups is 2. The summed E-state index contributed by atoms with van der Waals surface area (Å²) in [6, 6.07) is 11.2. The zero-order valence-electron chi connectivity index (χ0n) is 22.0. The average molecular weight is 494 g/mol. The van der Waals surface area contributed by atoms with Crippen molar-refractivity contribution in [1.29, 1.82) is 0 Å². The van der Waals surface area contributed by atoms with Gasteiger partial charge >= 0.3 is 0 Å². The molecule has 0 spiro atoms. The Bertz CT molecular complexity index is 1080. The molecule has 0 aliphatic carbocycles. The van der Waals surface area contributed by atoms with E-state index in [0.29, 0.717) is 49.8 Å². The predicted molar refractivity (Wildman–Crippen MR) is 141 cm³/mol. The summed E-state index contributed by atoms with van der Waals surface area (Å²) in [5, 5.41) is 3.19. The van der Waals surface area contributed by atoms with Crippen LogP contribution in [-0.2, 0) is 11.2 Å². The Balaban J connectivity index is 1.70. The van der Waals surface area contributed by atoms with Crippen molar-refractivity contribution >= 4 is 11.8 Å². The maximum Gasteiger partial charge on any atom is 0.254 e. The number of hydrogen-bond acceptors (Lipinski definition) is 5. The zero-order chi connectivity index (χ0) is 25.7. The van der Waals surface area contributed by atoms with Crippen LogP contribution >= 0.6 is 0 Å². The minimum Gasteiger partial charge on any atom is -0.490 e. The second-order valence-electron chi connectivity index (χ2n) is 9.29. The van der Waals surface area contributed by atoms with Crippen molar-refractivity contribution in [3.8, 4) is 11.5 Å². The number of carbonyl (C=O) groups excluding carboxylic acids is 2. The third-order valence-electron chi connectivity index (χ3n) is 7.31. The second-order valence-corrected chi connectivity index (χ2v) is 9.29. The van der Waals surface area contributed by atoms with Crippen molar-refractivity contribution in [2.45, 2.75) is 52.5 Å². The van der Waals surface area contributed by atoms with E-state index in [9.17, 15) is 9.59 Å². The summed E-state index contributed by atoms with van der Waals surface area (Å²) in [5.74, 6) is 0.831. The molecule has 2 aliphatic heterocycles. The van der Waals surface area contributed by atoms with Gasteiger partial charge in [0.1, 0.15) is 0 Å². The maximum atomic E-state index is 13.8. The Labute approximate surface area is 214 Å². The summed E-state index contributed by atoms with van der Waals surface area (Å²) in [6.45, 7) is 13.4. The minimum atomic E-state index is -0.487. The minimum absolute atomic E-state index is 0.0151. The summed E-state index contributed by atoms with van der Waals surface area (Å²) in [5.41, 5.74) is 3.50. The van der Waals surface area contributed by atoms with Gasteiger partial charge in [0.2, 0.25) is 5.91 Å². The Morgan fingerprint density at radius 2 is 1.72 bits per heavy atom. The van der Waals surface area contributed by atoms with Gasteiger partial charge in [0.15, 0.2) is 11.5 Å². The molecule has 2 heterocycles. The van der Waals surface area contributed by atoms with E-state index in [0.717, 1.165) is 42.7 Å². The van der Waals surface area contributed by atoms with Crippen molar-refractivity contribution in [1.82, 2.24) is 15.1 Å².